The Morgan fingerprint density at radius 1 is 1.20 bits per heavy atom. The van der Waals surface area contributed by atoms with Crippen molar-refractivity contribution in [1.82, 2.24) is 4.90 Å². The number of esters is 1. The van der Waals surface area contributed by atoms with Gasteiger partial charge in [0.1, 0.15) is 5.75 Å². The summed E-state index contributed by atoms with van der Waals surface area (Å²) in [5.41, 5.74) is -0.785. The fourth-order valence-electron chi connectivity index (χ4n) is 3.61. The molecule has 1 aromatic rings. The van der Waals surface area contributed by atoms with Crippen molar-refractivity contribution in [2.24, 2.45) is 5.92 Å². The van der Waals surface area contributed by atoms with Crippen molar-refractivity contribution in [1.29, 1.82) is 0 Å². The molecule has 8 heteroatoms. The third-order valence-corrected chi connectivity index (χ3v) is 11.0. The zero-order valence-corrected chi connectivity index (χ0v) is 20.3. The average molecular weight is 438 g/mol. The van der Waals surface area contributed by atoms with Crippen LogP contribution < -0.4 is 4.74 Å². The van der Waals surface area contributed by atoms with Crippen LogP contribution in [0.3, 0.4) is 0 Å². The summed E-state index contributed by atoms with van der Waals surface area (Å²) < 4.78 is 16.8. The van der Waals surface area contributed by atoms with Crippen LogP contribution in [0.4, 0.5) is 0 Å². The molecule has 1 heterocycles. The van der Waals surface area contributed by atoms with E-state index in [1.54, 1.807) is 26.2 Å². The van der Waals surface area contributed by atoms with E-state index >= 15 is 0 Å². The van der Waals surface area contributed by atoms with E-state index in [-0.39, 0.29) is 17.5 Å². The summed E-state index contributed by atoms with van der Waals surface area (Å²) in [6.07, 6.45) is -0.804. The molecule has 2 rings (SSSR count). The minimum Gasteiger partial charge on any atom is -0.497 e. The second-order valence-electron chi connectivity index (χ2n) is 9.43. The lowest BCUT2D eigenvalue weighted by atomic mass is 9.89. The molecular weight excluding hydrogens is 402 g/mol. The lowest BCUT2D eigenvalue weighted by Crippen LogP contribution is -2.63. The number of hydrogen-bond donors (Lipinski definition) is 1. The summed E-state index contributed by atoms with van der Waals surface area (Å²) in [5.74, 6) is -0.807. The number of methoxy groups -OCH3 is 2. The van der Waals surface area contributed by atoms with E-state index in [4.69, 9.17) is 13.9 Å². The molecule has 0 saturated carbocycles. The summed E-state index contributed by atoms with van der Waals surface area (Å²) in [4.78, 5) is 27.8. The number of carbonyl (C=O) groups is 2. The molecule has 0 radical (unpaired) electrons. The van der Waals surface area contributed by atoms with Crippen LogP contribution in [-0.2, 0) is 25.3 Å². The van der Waals surface area contributed by atoms with Gasteiger partial charge in [-0.2, -0.15) is 0 Å². The smallest absolute Gasteiger partial charge is 0.336 e. The number of aliphatic hydroxyl groups is 1. The van der Waals surface area contributed by atoms with Gasteiger partial charge in [0.15, 0.2) is 13.9 Å². The van der Waals surface area contributed by atoms with Crippen LogP contribution in [0.1, 0.15) is 33.3 Å². The molecule has 1 aliphatic heterocycles. The summed E-state index contributed by atoms with van der Waals surface area (Å²) in [7, 11) is 0.494. The largest absolute Gasteiger partial charge is 0.497 e. The molecule has 1 N–H and O–H groups in total. The van der Waals surface area contributed by atoms with E-state index in [2.05, 4.69) is 33.9 Å². The fourth-order valence-corrected chi connectivity index (χ4v) is 5.00. The van der Waals surface area contributed by atoms with Crippen molar-refractivity contribution < 1.29 is 28.6 Å². The maximum atomic E-state index is 13.3. The summed E-state index contributed by atoms with van der Waals surface area (Å²) in [6, 6.07) is 7.25. The highest BCUT2D eigenvalue weighted by Gasteiger charge is 2.64. The van der Waals surface area contributed by atoms with E-state index < -0.39 is 38.5 Å². The molecule has 1 saturated heterocycles. The number of benzene rings is 1. The molecule has 168 valence electrons. The predicted molar refractivity (Wildman–Crippen MR) is 117 cm³/mol. The molecule has 0 spiro atoms. The molecule has 0 unspecified atom stereocenters. The van der Waals surface area contributed by atoms with Gasteiger partial charge in [-0.3, -0.25) is 4.79 Å². The minimum absolute atomic E-state index is 0.128. The van der Waals surface area contributed by atoms with Crippen LogP contribution in [0.15, 0.2) is 24.3 Å². The highest BCUT2D eigenvalue weighted by Crippen LogP contribution is 2.45. The van der Waals surface area contributed by atoms with Crippen molar-refractivity contribution in [3.8, 4) is 5.75 Å². The van der Waals surface area contributed by atoms with Crippen LogP contribution in [0, 0.1) is 5.92 Å². The second kappa shape index (κ2) is 8.68. The number of nitrogens with zero attached hydrogens (tertiary/aromatic N) is 1. The van der Waals surface area contributed by atoms with Gasteiger partial charge >= 0.3 is 5.97 Å². The van der Waals surface area contributed by atoms with Crippen molar-refractivity contribution in [3.05, 3.63) is 29.8 Å². The Kier molecular flexibility index (Phi) is 7.05. The van der Waals surface area contributed by atoms with Crippen LogP contribution in [0.5, 0.6) is 5.75 Å². The molecule has 7 nitrogen and oxygen atoms in total. The quantitative estimate of drug-likeness (QED) is 0.521. The molecule has 1 fully saturated rings. The van der Waals surface area contributed by atoms with Crippen molar-refractivity contribution in [3.63, 3.8) is 0 Å². The van der Waals surface area contributed by atoms with Crippen molar-refractivity contribution in [2.75, 3.05) is 20.8 Å². The molecule has 1 amide bonds. The van der Waals surface area contributed by atoms with Gasteiger partial charge in [0, 0.05) is 6.54 Å². The SMILES string of the molecule is COC(=O)[C@@]1(CO)[C@@H](O[Si](C)(C)C(C)(C)C)[C@@H](C)C(=O)N1Cc1ccc(OC)cc1. The van der Waals surface area contributed by atoms with Crippen LogP contribution in [0.25, 0.3) is 0 Å². The number of likely N-dealkylation sites (tertiary alicyclic amines) is 1. The van der Waals surface area contributed by atoms with Crippen LogP contribution in [-0.4, -0.2) is 62.7 Å². The third kappa shape index (κ3) is 4.13. The maximum absolute atomic E-state index is 13.3. The lowest BCUT2D eigenvalue weighted by molar-refractivity contribution is -0.166. The minimum atomic E-state index is -2.35. The topological polar surface area (TPSA) is 85.3 Å². The monoisotopic (exact) mass is 437 g/mol. The lowest BCUT2D eigenvalue weighted by Gasteiger charge is -2.44. The van der Waals surface area contributed by atoms with Gasteiger partial charge in [-0.25, -0.2) is 4.79 Å². The summed E-state index contributed by atoms with van der Waals surface area (Å²) in [6.45, 7) is 11.7. The average Bonchev–Trinajstić information content (AvgIpc) is 2.89. The molecule has 0 aliphatic carbocycles. The molecule has 0 bridgehead atoms. The first kappa shape index (κ1) is 24.4. The van der Waals surface area contributed by atoms with Gasteiger partial charge < -0.3 is 23.9 Å². The Morgan fingerprint density at radius 2 is 1.77 bits per heavy atom. The van der Waals surface area contributed by atoms with E-state index in [0.29, 0.717) is 5.75 Å². The van der Waals surface area contributed by atoms with Gasteiger partial charge in [0.25, 0.3) is 0 Å². The molecule has 1 aromatic carbocycles. The maximum Gasteiger partial charge on any atom is 0.336 e. The van der Waals surface area contributed by atoms with E-state index in [0.717, 1.165) is 5.56 Å². The van der Waals surface area contributed by atoms with Gasteiger partial charge in [-0.05, 0) is 35.8 Å². The second-order valence-corrected chi connectivity index (χ2v) is 14.2. The van der Waals surface area contributed by atoms with Crippen molar-refractivity contribution in [2.45, 2.75) is 64.0 Å². The molecule has 30 heavy (non-hydrogen) atoms. The molecular formula is C22H35NO6Si. The molecule has 3 atom stereocenters. The fraction of sp³-hybridized carbons (Fsp3) is 0.636. The zero-order chi connectivity index (χ0) is 22.9. The number of aliphatic hydroxyl groups excluding tert-OH is 1. The Balaban J connectivity index is 2.52. The highest BCUT2D eigenvalue weighted by molar-refractivity contribution is 6.74. The van der Waals surface area contributed by atoms with Gasteiger partial charge in [0.2, 0.25) is 5.91 Å². The molecule has 1 aliphatic rings. The van der Waals surface area contributed by atoms with E-state index in [1.807, 2.05) is 12.1 Å². The number of amides is 1. The van der Waals surface area contributed by atoms with Gasteiger partial charge in [-0.1, -0.05) is 39.8 Å². The Bertz CT molecular complexity index is 773. The Morgan fingerprint density at radius 3 is 2.20 bits per heavy atom. The zero-order valence-electron chi connectivity index (χ0n) is 19.3. The third-order valence-electron chi connectivity index (χ3n) is 6.57. The number of rotatable bonds is 7. The van der Waals surface area contributed by atoms with Gasteiger partial charge in [0.05, 0.1) is 32.8 Å². The standard InChI is InChI=1S/C22H35NO6Si/c1-15-18(29-30(7,8)21(2,3)4)22(14-24,20(26)28-6)23(19(15)25)13-16-9-11-17(27-5)12-10-16/h9-12,15,18,24H,13-14H2,1-8H3/t15-,18+,22-/m1/s1. The number of ether oxygens (including phenoxy) is 2. The number of carbonyl (C=O) groups excluding carboxylic acids is 2. The first-order chi connectivity index (χ1) is 13.9. The van der Waals surface area contributed by atoms with Crippen LogP contribution >= 0.6 is 0 Å². The van der Waals surface area contributed by atoms with Crippen LogP contribution in [0.2, 0.25) is 18.1 Å². The normalized spacial score (nSPS) is 24.8. The van der Waals surface area contributed by atoms with Crippen molar-refractivity contribution >= 4 is 20.2 Å². The van der Waals surface area contributed by atoms with E-state index in [9.17, 15) is 14.7 Å². The predicted octanol–water partition coefficient (Wildman–Crippen LogP) is 2.97. The van der Waals surface area contributed by atoms with Gasteiger partial charge in [-0.15, -0.1) is 0 Å². The Hall–Kier alpha value is -1.90. The molecule has 0 aromatic heterocycles. The Labute approximate surface area is 180 Å². The van der Waals surface area contributed by atoms with E-state index in [1.165, 1.54) is 12.0 Å². The number of hydrogen-bond acceptors (Lipinski definition) is 6. The first-order valence-electron chi connectivity index (χ1n) is 10.2. The summed E-state index contributed by atoms with van der Waals surface area (Å²) >= 11 is 0. The first-order valence-corrected chi connectivity index (χ1v) is 13.1. The summed E-state index contributed by atoms with van der Waals surface area (Å²) in [5, 5.41) is 10.3. The highest BCUT2D eigenvalue weighted by atomic mass is 28.4.